The Morgan fingerprint density at radius 1 is 1.24 bits per heavy atom. The number of benzene rings is 1. The van der Waals surface area contributed by atoms with Crippen molar-refractivity contribution in [1.82, 2.24) is 5.32 Å². The lowest BCUT2D eigenvalue weighted by atomic mass is 10.3. The first-order chi connectivity index (χ1) is 7.97. The van der Waals surface area contributed by atoms with Crippen LogP contribution < -0.4 is 10.1 Å². The number of aliphatic hydroxyl groups excluding tert-OH is 1. The number of halogens is 2. The van der Waals surface area contributed by atoms with E-state index < -0.39 is 6.10 Å². The Bertz CT molecular complexity index is 338. The van der Waals surface area contributed by atoms with Gasteiger partial charge in [-0.1, -0.05) is 37.0 Å². The third-order valence-corrected chi connectivity index (χ3v) is 2.48. The summed E-state index contributed by atoms with van der Waals surface area (Å²) < 4.78 is 5.40. The summed E-state index contributed by atoms with van der Waals surface area (Å²) in [5.41, 5.74) is 0. The van der Waals surface area contributed by atoms with E-state index >= 15 is 0 Å². The van der Waals surface area contributed by atoms with Gasteiger partial charge in [-0.25, -0.2) is 0 Å². The van der Waals surface area contributed by atoms with Gasteiger partial charge in [-0.15, -0.1) is 0 Å². The fraction of sp³-hybridized carbons (Fsp3) is 0.500. The van der Waals surface area contributed by atoms with Gasteiger partial charge in [-0.3, -0.25) is 0 Å². The molecule has 0 saturated heterocycles. The average molecular weight is 278 g/mol. The van der Waals surface area contributed by atoms with Crippen molar-refractivity contribution >= 4 is 23.2 Å². The molecule has 0 spiro atoms. The summed E-state index contributed by atoms with van der Waals surface area (Å²) >= 11 is 11.7. The Hall–Kier alpha value is -0.480. The highest BCUT2D eigenvalue weighted by atomic mass is 35.5. The molecule has 0 aromatic heterocycles. The Kier molecular flexibility index (Phi) is 6.06. The van der Waals surface area contributed by atoms with Crippen LogP contribution in [0.15, 0.2) is 18.2 Å². The van der Waals surface area contributed by atoms with E-state index in [0.717, 1.165) is 0 Å². The van der Waals surface area contributed by atoms with E-state index in [1.165, 1.54) is 0 Å². The molecule has 0 heterocycles. The van der Waals surface area contributed by atoms with Crippen LogP contribution in [0, 0.1) is 0 Å². The third-order valence-electron chi connectivity index (χ3n) is 2.04. The summed E-state index contributed by atoms with van der Waals surface area (Å²) in [5.74, 6) is 0.561. The molecule has 0 bridgehead atoms. The van der Waals surface area contributed by atoms with Crippen LogP contribution in [0.4, 0.5) is 0 Å². The predicted octanol–water partition coefficient (Wildman–Crippen LogP) is 2.73. The second kappa shape index (κ2) is 7.07. The van der Waals surface area contributed by atoms with E-state index in [-0.39, 0.29) is 6.61 Å². The van der Waals surface area contributed by atoms with E-state index in [2.05, 4.69) is 5.32 Å². The lowest BCUT2D eigenvalue weighted by Gasteiger charge is -2.15. The lowest BCUT2D eigenvalue weighted by Crippen LogP contribution is -2.35. The molecule has 0 saturated carbocycles. The zero-order valence-electron chi connectivity index (χ0n) is 9.91. The van der Waals surface area contributed by atoms with Crippen molar-refractivity contribution < 1.29 is 9.84 Å². The SMILES string of the molecule is CC(C)NCC(O)COc1cc(Cl)cc(Cl)c1. The maximum atomic E-state index is 9.64. The number of hydrogen-bond donors (Lipinski definition) is 2. The summed E-state index contributed by atoms with van der Waals surface area (Å²) in [7, 11) is 0. The maximum Gasteiger partial charge on any atom is 0.122 e. The highest BCUT2D eigenvalue weighted by molar-refractivity contribution is 6.34. The smallest absolute Gasteiger partial charge is 0.122 e. The third kappa shape index (κ3) is 6.13. The van der Waals surface area contributed by atoms with Gasteiger partial charge < -0.3 is 15.2 Å². The summed E-state index contributed by atoms with van der Waals surface area (Å²) in [6.07, 6.45) is -0.560. The average Bonchev–Trinajstić information content (AvgIpc) is 2.22. The standard InChI is InChI=1S/C12H17Cl2NO2/c1-8(2)15-6-11(16)7-17-12-4-9(13)3-10(14)5-12/h3-5,8,11,15-16H,6-7H2,1-2H3. The van der Waals surface area contributed by atoms with Crippen LogP contribution in [0.2, 0.25) is 10.0 Å². The van der Waals surface area contributed by atoms with Crippen LogP contribution in [0.3, 0.4) is 0 Å². The number of rotatable bonds is 6. The van der Waals surface area contributed by atoms with E-state index in [4.69, 9.17) is 27.9 Å². The minimum Gasteiger partial charge on any atom is -0.491 e. The topological polar surface area (TPSA) is 41.5 Å². The van der Waals surface area contributed by atoms with E-state index in [9.17, 15) is 5.11 Å². The zero-order chi connectivity index (χ0) is 12.8. The molecule has 5 heteroatoms. The molecule has 1 unspecified atom stereocenters. The molecule has 0 radical (unpaired) electrons. The van der Waals surface area contributed by atoms with Crippen LogP contribution in [-0.4, -0.2) is 30.4 Å². The van der Waals surface area contributed by atoms with Gasteiger partial charge in [0.15, 0.2) is 0 Å². The largest absolute Gasteiger partial charge is 0.491 e. The van der Waals surface area contributed by atoms with Gasteiger partial charge in [0, 0.05) is 22.6 Å². The van der Waals surface area contributed by atoms with Crippen LogP contribution >= 0.6 is 23.2 Å². The van der Waals surface area contributed by atoms with Gasteiger partial charge in [-0.2, -0.15) is 0 Å². The Labute approximate surface area is 112 Å². The summed E-state index contributed by atoms with van der Waals surface area (Å²) in [5, 5.41) is 13.8. The van der Waals surface area contributed by atoms with Gasteiger partial charge in [0.1, 0.15) is 18.5 Å². The number of hydrogen-bond acceptors (Lipinski definition) is 3. The van der Waals surface area contributed by atoms with E-state index in [0.29, 0.717) is 28.4 Å². The van der Waals surface area contributed by atoms with Gasteiger partial charge in [-0.05, 0) is 18.2 Å². The maximum absolute atomic E-state index is 9.64. The van der Waals surface area contributed by atoms with Crippen LogP contribution in [0.5, 0.6) is 5.75 Å². The molecule has 1 aromatic rings. The number of nitrogens with one attached hydrogen (secondary N) is 1. The van der Waals surface area contributed by atoms with Crippen molar-refractivity contribution in [2.75, 3.05) is 13.2 Å². The summed E-state index contributed by atoms with van der Waals surface area (Å²) in [6, 6.07) is 5.30. The molecule has 0 fully saturated rings. The molecule has 3 nitrogen and oxygen atoms in total. The molecule has 0 aliphatic heterocycles. The first-order valence-electron chi connectivity index (χ1n) is 5.47. The Morgan fingerprint density at radius 2 is 1.82 bits per heavy atom. The normalized spacial score (nSPS) is 12.8. The van der Waals surface area contributed by atoms with Crippen molar-refractivity contribution in [2.45, 2.75) is 26.0 Å². The molecule has 1 aromatic carbocycles. The van der Waals surface area contributed by atoms with Gasteiger partial charge in [0.25, 0.3) is 0 Å². The van der Waals surface area contributed by atoms with Gasteiger partial charge in [0.05, 0.1) is 0 Å². The molecule has 96 valence electrons. The van der Waals surface area contributed by atoms with Crippen molar-refractivity contribution in [2.24, 2.45) is 0 Å². The monoisotopic (exact) mass is 277 g/mol. The van der Waals surface area contributed by atoms with Crippen molar-refractivity contribution in [1.29, 1.82) is 0 Å². The van der Waals surface area contributed by atoms with E-state index in [1.54, 1.807) is 18.2 Å². The molecular formula is C12H17Cl2NO2. The first kappa shape index (κ1) is 14.6. The minimum absolute atomic E-state index is 0.205. The molecule has 1 rings (SSSR count). The second-order valence-electron chi connectivity index (χ2n) is 4.13. The number of aliphatic hydroxyl groups is 1. The lowest BCUT2D eigenvalue weighted by molar-refractivity contribution is 0.104. The molecule has 0 aliphatic carbocycles. The van der Waals surface area contributed by atoms with Crippen LogP contribution in [0.25, 0.3) is 0 Å². The molecule has 0 aliphatic rings. The quantitative estimate of drug-likeness (QED) is 0.840. The predicted molar refractivity (Wildman–Crippen MR) is 71.1 cm³/mol. The fourth-order valence-corrected chi connectivity index (χ4v) is 1.74. The number of ether oxygens (including phenoxy) is 1. The fourth-order valence-electron chi connectivity index (χ4n) is 1.23. The molecular weight excluding hydrogens is 261 g/mol. The van der Waals surface area contributed by atoms with Gasteiger partial charge in [0.2, 0.25) is 0 Å². The highest BCUT2D eigenvalue weighted by Gasteiger charge is 2.06. The highest BCUT2D eigenvalue weighted by Crippen LogP contribution is 2.24. The molecule has 17 heavy (non-hydrogen) atoms. The second-order valence-corrected chi connectivity index (χ2v) is 5.01. The van der Waals surface area contributed by atoms with Crippen LogP contribution in [-0.2, 0) is 0 Å². The van der Waals surface area contributed by atoms with Crippen molar-refractivity contribution in [3.63, 3.8) is 0 Å². The Morgan fingerprint density at radius 3 is 2.35 bits per heavy atom. The summed E-state index contributed by atoms with van der Waals surface area (Å²) in [6.45, 7) is 4.73. The van der Waals surface area contributed by atoms with E-state index in [1.807, 2.05) is 13.8 Å². The zero-order valence-corrected chi connectivity index (χ0v) is 11.4. The van der Waals surface area contributed by atoms with Crippen molar-refractivity contribution in [3.05, 3.63) is 28.2 Å². The van der Waals surface area contributed by atoms with Crippen molar-refractivity contribution in [3.8, 4) is 5.75 Å². The summed E-state index contributed by atoms with van der Waals surface area (Å²) in [4.78, 5) is 0. The molecule has 2 N–H and O–H groups in total. The minimum atomic E-state index is -0.560. The van der Waals surface area contributed by atoms with Crippen LogP contribution in [0.1, 0.15) is 13.8 Å². The Balaban J connectivity index is 2.39. The first-order valence-corrected chi connectivity index (χ1v) is 6.23. The molecule has 1 atom stereocenters. The molecule has 0 amide bonds. The van der Waals surface area contributed by atoms with Gasteiger partial charge >= 0.3 is 0 Å².